The molecule has 2 aromatic heterocycles. The highest BCUT2D eigenvalue weighted by atomic mass is 15.2. The molecule has 4 nitrogen and oxygen atoms in total. The van der Waals surface area contributed by atoms with Gasteiger partial charge in [0.2, 0.25) is 0 Å². The number of aromatic nitrogens is 3. The summed E-state index contributed by atoms with van der Waals surface area (Å²) in [6.45, 7) is 0. The first-order valence-corrected chi connectivity index (χ1v) is 5.84. The third-order valence-corrected chi connectivity index (χ3v) is 2.80. The van der Waals surface area contributed by atoms with E-state index in [0.717, 1.165) is 11.3 Å². The van der Waals surface area contributed by atoms with Crippen LogP contribution >= 0.6 is 0 Å². The van der Waals surface area contributed by atoms with E-state index in [2.05, 4.69) is 16.2 Å². The zero-order chi connectivity index (χ0) is 13.1. The Morgan fingerprint density at radius 2 is 1.95 bits per heavy atom. The van der Waals surface area contributed by atoms with Crippen LogP contribution in [-0.4, -0.2) is 14.6 Å². The average Bonchev–Trinajstić information content (AvgIpc) is 2.90. The van der Waals surface area contributed by atoms with Gasteiger partial charge in [0.05, 0.1) is 11.9 Å². The van der Waals surface area contributed by atoms with Crippen molar-refractivity contribution < 1.29 is 0 Å². The van der Waals surface area contributed by atoms with Crippen molar-refractivity contribution in [2.45, 2.75) is 0 Å². The van der Waals surface area contributed by atoms with Crippen LogP contribution in [0.25, 0.3) is 17.8 Å². The van der Waals surface area contributed by atoms with Gasteiger partial charge in [-0.1, -0.05) is 36.4 Å². The van der Waals surface area contributed by atoms with Crippen molar-refractivity contribution in [1.82, 2.24) is 14.6 Å². The molecule has 0 aliphatic carbocycles. The van der Waals surface area contributed by atoms with E-state index in [-0.39, 0.29) is 0 Å². The number of rotatable bonds is 2. The predicted molar refractivity (Wildman–Crippen MR) is 73.1 cm³/mol. The van der Waals surface area contributed by atoms with Crippen LogP contribution in [0.5, 0.6) is 0 Å². The lowest BCUT2D eigenvalue weighted by Gasteiger charge is -1.98. The second-order valence-corrected chi connectivity index (χ2v) is 4.02. The van der Waals surface area contributed by atoms with E-state index in [9.17, 15) is 0 Å². The third-order valence-electron chi connectivity index (χ3n) is 2.80. The molecule has 0 radical (unpaired) electrons. The van der Waals surface area contributed by atoms with E-state index in [1.807, 2.05) is 48.6 Å². The van der Waals surface area contributed by atoms with E-state index < -0.39 is 0 Å². The number of hydrogen-bond acceptors (Lipinski definition) is 3. The van der Waals surface area contributed by atoms with Crippen molar-refractivity contribution in [2.75, 3.05) is 0 Å². The van der Waals surface area contributed by atoms with E-state index in [4.69, 9.17) is 5.26 Å². The Kier molecular flexibility index (Phi) is 2.79. The standard InChI is InChI=1S/C15H10N4/c16-10-13-11-18-19-14(8-9-17-15(13)19)7-6-12-4-2-1-3-5-12/h1-9,11H. The molecular formula is C15H10N4. The molecule has 0 spiro atoms. The summed E-state index contributed by atoms with van der Waals surface area (Å²) in [7, 11) is 0. The number of benzene rings is 1. The molecule has 19 heavy (non-hydrogen) atoms. The molecule has 0 unspecified atom stereocenters. The molecule has 0 fully saturated rings. The van der Waals surface area contributed by atoms with Crippen molar-refractivity contribution in [3.8, 4) is 6.07 Å². The zero-order valence-electron chi connectivity index (χ0n) is 10.1. The second kappa shape index (κ2) is 4.75. The molecule has 0 saturated heterocycles. The molecule has 90 valence electrons. The number of fused-ring (bicyclic) bond motifs is 1. The van der Waals surface area contributed by atoms with E-state index in [0.29, 0.717) is 11.2 Å². The maximum absolute atomic E-state index is 8.96. The third kappa shape index (κ3) is 2.09. The van der Waals surface area contributed by atoms with Crippen molar-refractivity contribution in [3.05, 3.63) is 65.6 Å². The van der Waals surface area contributed by atoms with Crippen LogP contribution in [-0.2, 0) is 0 Å². The summed E-state index contributed by atoms with van der Waals surface area (Å²) in [6.07, 6.45) is 7.17. The molecular weight excluding hydrogens is 236 g/mol. The van der Waals surface area contributed by atoms with Gasteiger partial charge in [-0.3, -0.25) is 0 Å². The highest BCUT2D eigenvalue weighted by Gasteiger charge is 2.05. The van der Waals surface area contributed by atoms with Crippen LogP contribution in [0.3, 0.4) is 0 Å². The predicted octanol–water partition coefficient (Wildman–Crippen LogP) is 2.77. The van der Waals surface area contributed by atoms with Gasteiger partial charge in [0.15, 0.2) is 5.65 Å². The lowest BCUT2D eigenvalue weighted by molar-refractivity contribution is 0.927. The van der Waals surface area contributed by atoms with Gasteiger partial charge < -0.3 is 0 Å². The van der Waals surface area contributed by atoms with Gasteiger partial charge in [-0.05, 0) is 17.7 Å². The topological polar surface area (TPSA) is 54.0 Å². The minimum atomic E-state index is 0.481. The molecule has 0 saturated carbocycles. The summed E-state index contributed by atoms with van der Waals surface area (Å²) in [5, 5.41) is 13.1. The lowest BCUT2D eigenvalue weighted by Crippen LogP contribution is -1.94. The molecule has 0 N–H and O–H groups in total. The molecule has 2 heterocycles. The van der Waals surface area contributed by atoms with Gasteiger partial charge >= 0.3 is 0 Å². The van der Waals surface area contributed by atoms with E-state index in [1.165, 1.54) is 6.20 Å². The van der Waals surface area contributed by atoms with Crippen molar-refractivity contribution in [1.29, 1.82) is 5.26 Å². The number of nitrogens with zero attached hydrogens (tertiary/aromatic N) is 4. The molecule has 0 aliphatic rings. The Balaban J connectivity index is 2.05. The van der Waals surface area contributed by atoms with Gasteiger partial charge in [-0.15, -0.1) is 0 Å². The van der Waals surface area contributed by atoms with Crippen molar-refractivity contribution >= 4 is 17.8 Å². The maximum Gasteiger partial charge on any atom is 0.173 e. The Morgan fingerprint density at radius 3 is 2.74 bits per heavy atom. The molecule has 3 rings (SSSR count). The first-order chi connectivity index (χ1) is 9.38. The van der Waals surface area contributed by atoms with Crippen LogP contribution in [0.2, 0.25) is 0 Å². The normalized spacial score (nSPS) is 10.9. The second-order valence-electron chi connectivity index (χ2n) is 4.02. The number of hydrogen-bond donors (Lipinski definition) is 0. The van der Waals surface area contributed by atoms with Gasteiger partial charge in [-0.25, -0.2) is 9.50 Å². The van der Waals surface area contributed by atoms with Crippen LogP contribution in [0.4, 0.5) is 0 Å². The highest BCUT2D eigenvalue weighted by Crippen LogP contribution is 2.12. The summed E-state index contributed by atoms with van der Waals surface area (Å²) in [6, 6.07) is 14.0. The molecule has 0 aliphatic heterocycles. The molecule has 4 heteroatoms. The Morgan fingerprint density at radius 1 is 1.11 bits per heavy atom. The fourth-order valence-corrected chi connectivity index (χ4v) is 1.86. The van der Waals surface area contributed by atoms with Gasteiger partial charge in [0.25, 0.3) is 0 Å². The fourth-order valence-electron chi connectivity index (χ4n) is 1.86. The quantitative estimate of drug-likeness (QED) is 0.698. The van der Waals surface area contributed by atoms with Crippen molar-refractivity contribution in [2.24, 2.45) is 0 Å². The smallest absolute Gasteiger partial charge is 0.173 e. The molecule has 0 amide bonds. The Labute approximate surface area is 110 Å². The number of nitriles is 1. The van der Waals surface area contributed by atoms with Gasteiger partial charge in [-0.2, -0.15) is 10.4 Å². The minimum absolute atomic E-state index is 0.481. The Hall–Kier alpha value is -2.93. The monoisotopic (exact) mass is 246 g/mol. The largest absolute Gasteiger partial charge is 0.236 e. The van der Waals surface area contributed by atoms with Gasteiger partial charge in [0, 0.05) is 6.20 Å². The first-order valence-electron chi connectivity index (χ1n) is 5.84. The maximum atomic E-state index is 8.96. The average molecular weight is 246 g/mol. The first kappa shape index (κ1) is 11.2. The van der Waals surface area contributed by atoms with Crippen LogP contribution < -0.4 is 0 Å². The molecule has 3 aromatic rings. The van der Waals surface area contributed by atoms with E-state index in [1.54, 1.807) is 10.7 Å². The zero-order valence-corrected chi connectivity index (χ0v) is 10.1. The molecule has 0 bridgehead atoms. The van der Waals surface area contributed by atoms with Crippen LogP contribution in [0.1, 0.15) is 16.8 Å². The summed E-state index contributed by atoms with van der Waals surface area (Å²) in [5.41, 5.74) is 3.06. The fraction of sp³-hybridized carbons (Fsp3) is 0. The van der Waals surface area contributed by atoms with Crippen LogP contribution in [0.15, 0.2) is 48.8 Å². The lowest BCUT2D eigenvalue weighted by atomic mass is 10.2. The summed E-state index contributed by atoms with van der Waals surface area (Å²) < 4.78 is 1.66. The Bertz CT molecular complexity index is 779. The summed E-state index contributed by atoms with van der Waals surface area (Å²) in [5.74, 6) is 0. The summed E-state index contributed by atoms with van der Waals surface area (Å²) >= 11 is 0. The molecule has 1 aromatic carbocycles. The van der Waals surface area contributed by atoms with Crippen LogP contribution in [0, 0.1) is 11.3 Å². The molecule has 0 atom stereocenters. The highest BCUT2D eigenvalue weighted by molar-refractivity contribution is 5.69. The SMILES string of the molecule is N#Cc1cnn2c(C=Cc3ccccc3)ccnc12. The van der Waals surface area contributed by atoms with Gasteiger partial charge in [0.1, 0.15) is 11.6 Å². The van der Waals surface area contributed by atoms with Crippen molar-refractivity contribution in [3.63, 3.8) is 0 Å². The van der Waals surface area contributed by atoms with E-state index >= 15 is 0 Å². The minimum Gasteiger partial charge on any atom is -0.236 e. The summed E-state index contributed by atoms with van der Waals surface area (Å²) in [4.78, 5) is 4.17.